The van der Waals surface area contributed by atoms with Crippen molar-refractivity contribution >= 4 is 40.5 Å². The normalized spacial score (nSPS) is 11.5. The molecule has 0 unspecified atom stereocenters. The first-order chi connectivity index (χ1) is 12.9. The van der Waals surface area contributed by atoms with Crippen LogP contribution in [-0.2, 0) is 0 Å². The number of hydrogen-bond acceptors (Lipinski definition) is 5. The number of rotatable bonds is 4. The lowest BCUT2D eigenvalue weighted by molar-refractivity contribution is 0.102. The topological polar surface area (TPSA) is 87.7 Å². The molecule has 0 spiro atoms. The summed E-state index contributed by atoms with van der Waals surface area (Å²) in [6.45, 7) is 3.28. The number of nitrogens with one attached hydrogen (secondary N) is 1. The van der Waals surface area contributed by atoms with Crippen molar-refractivity contribution in [1.82, 2.24) is 5.16 Å². The van der Waals surface area contributed by atoms with Crippen molar-refractivity contribution in [3.8, 4) is 11.3 Å². The monoisotopic (exact) mass is 403 g/mol. The molecular formula is C19H15Cl2N3O3. The van der Waals surface area contributed by atoms with Crippen molar-refractivity contribution in [3.63, 3.8) is 0 Å². The first-order valence-corrected chi connectivity index (χ1v) is 8.69. The van der Waals surface area contributed by atoms with Crippen LogP contribution in [-0.4, -0.2) is 22.0 Å². The molecule has 0 saturated heterocycles. The molecule has 0 aliphatic carbocycles. The van der Waals surface area contributed by atoms with Crippen molar-refractivity contribution in [2.45, 2.75) is 13.8 Å². The summed E-state index contributed by atoms with van der Waals surface area (Å²) in [6.07, 6.45) is 0. The standard InChI is InChI=1S/C19H15Cl2N3O3/c1-10(23-26)12-7-8-15(21)16(9-12)22-19(25)17-11(2)27-24-18(17)13-5-3-4-6-14(13)20/h3-9,26H,1-2H3,(H,22,25)/b23-10+. The highest BCUT2D eigenvalue weighted by Crippen LogP contribution is 2.32. The fourth-order valence-electron chi connectivity index (χ4n) is 2.57. The molecule has 0 fully saturated rings. The van der Waals surface area contributed by atoms with E-state index in [0.29, 0.717) is 44.0 Å². The number of carbonyl (C=O) groups is 1. The number of nitrogens with zero attached hydrogens (tertiary/aromatic N) is 2. The first kappa shape index (κ1) is 18.9. The third-order valence-corrected chi connectivity index (χ3v) is 4.66. The summed E-state index contributed by atoms with van der Waals surface area (Å²) in [6, 6.07) is 12.0. The van der Waals surface area contributed by atoms with Gasteiger partial charge < -0.3 is 15.0 Å². The molecule has 2 N–H and O–H groups in total. The Morgan fingerprint density at radius 2 is 1.93 bits per heavy atom. The lowest BCUT2D eigenvalue weighted by atomic mass is 10.1. The molecule has 27 heavy (non-hydrogen) atoms. The minimum absolute atomic E-state index is 0.261. The maximum atomic E-state index is 12.9. The summed E-state index contributed by atoms with van der Waals surface area (Å²) in [5.41, 5.74) is 2.57. The maximum Gasteiger partial charge on any atom is 0.261 e. The molecule has 3 rings (SSSR count). The van der Waals surface area contributed by atoms with Crippen molar-refractivity contribution in [3.05, 3.63) is 69.4 Å². The Morgan fingerprint density at radius 1 is 1.19 bits per heavy atom. The Bertz CT molecular complexity index is 1040. The van der Waals surface area contributed by atoms with Gasteiger partial charge in [0.05, 0.1) is 21.4 Å². The van der Waals surface area contributed by atoms with Gasteiger partial charge in [0.25, 0.3) is 5.91 Å². The Balaban J connectivity index is 1.99. The molecule has 1 heterocycles. The van der Waals surface area contributed by atoms with Gasteiger partial charge in [0.1, 0.15) is 17.0 Å². The predicted molar refractivity (Wildman–Crippen MR) is 105 cm³/mol. The largest absolute Gasteiger partial charge is 0.411 e. The van der Waals surface area contributed by atoms with Crippen LogP contribution in [0.3, 0.4) is 0 Å². The summed E-state index contributed by atoms with van der Waals surface area (Å²) in [5, 5.41) is 19.6. The Labute approximate surface area is 165 Å². The number of anilines is 1. The lowest BCUT2D eigenvalue weighted by Gasteiger charge is -2.10. The van der Waals surface area contributed by atoms with Crippen LogP contribution in [0, 0.1) is 6.92 Å². The fourth-order valence-corrected chi connectivity index (χ4v) is 2.96. The SMILES string of the molecule is C/C(=N\O)c1ccc(Cl)c(NC(=O)c2c(-c3ccccc3Cl)noc2C)c1. The number of aromatic nitrogens is 1. The molecule has 3 aromatic rings. The number of hydrogen-bond donors (Lipinski definition) is 2. The van der Waals surface area contributed by atoms with Crippen LogP contribution in [0.2, 0.25) is 10.0 Å². The lowest BCUT2D eigenvalue weighted by Crippen LogP contribution is -2.14. The van der Waals surface area contributed by atoms with E-state index in [-0.39, 0.29) is 5.56 Å². The third-order valence-electron chi connectivity index (χ3n) is 4.00. The molecule has 138 valence electrons. The molecular weight excluding hydrogens is 389 g/mol. The molecule has 1 amide bonds. The zero-order valence-corrected chi connectivity index (χ0v) is 16.0. The van der Waals surface area contributed by atoms with Gasteiger partial charge in [0.2, 0.25) is 0 Å². The quantitative estimate of drug-likeness (QED) is 0.346. The van der Waals surface area contributed by atoms with E-state index in [1.165, 1.54) is 0 Å². The Morgan fingerprint density at radius 3 is 2.63 bits per heavy atom. The van der Waals surface area contributed by atoms with E-state index in [0.717, 1.165) is 0 Å². The Hall–Kier alpha value is -2.83. The molecule has 0 aliphatic heterocycles. The number of halogens is 2. The zero-order chi connectivity index (χ0) is 19.6. The number of carbonyl (C=O) groups excluding carboxylic acids is 1. The molecule has 0 atom stereocenters. The smallest absolute Gasteiger partial charge is 0.261 e. The van der Waals surface area contributed by atoms with Crippen LogP contribution in [0.5, 0.6) is 0 Å². The maximum absolute atomic E-state index is 12.9. The van der Waals surface area contributed by atoms with Gasteiger partial charge in [-0.1, -0.05) is 57.8 Å². The second kappa shape index (κ2) is 7.82. The second-order valence-corrected chi connectivity index (χ2v) is 6.59. The van der Waals surface area contributed by atoms with Gasteiger partial charge >= 0.3 is 0 Å². The molecule has 0 radical (unpaired) electrons. The summed E-state index contributed by atoms with van der Waals surface area (Å²) >= 11 is 12.4. The van der Waals surface area contributed by atoms with Gasteiger partial charge in [-0.3, -0.25) is 4.79 Å². The van der Waals surface area contributed by atoms with Gasteiger partial charge in [0, 0.05) is 11.1 Å². The van der Waals surface area contributed by atoms with E-state index in [1.807, 2.05) is 0 Å². The summed E-state index contributed by atoms with van der Waals surface area (Å²) in [7, 11) is 0. The molecule has 0 bridgehead atoms. The average Bonchev–Trinajstić information content (AvgIpc) is 3.04. The van der Waals surface area contributed by atoms with E-state index >= 15 is 0 Å². The number of benzene rings is 2. The number of oxime groups is 1. The summed E-state index contributed by atoms with van der Waals surface area (Å²) in [4.78, 5) is 12.9. The highest BCUT2D eigenvalue weighted by molar-refractivity contribution is 6.34. The molecule has 6 nitrogen and oxygen atoms in total. The van der Waals surface area contributed by atoms with Gasteiger partial charge in [0.15, 0.2) is 0 Å². The van der Waals surface area contributed by atoms with Gasteiger partial charge in [-0.15, -0.1) is 0 Å². The summed E-state index contributed by atoms with van der Waals surface area (Å²) < 4.78 is 5.22. The van der Waals surface area contributed by atoms with E-state index < -0.39 is 5.91 Å². The van der Waals surface area contributed by atoms with Crippen LogP contribution in [0.15, 0.2) is 52.1 Å². The number of amides is 1. The van der Waals surface area contributed by atoms with Crippen LogP contribution in [0.1, 0.15) is 28.6 Å². The van der Waals surface area contributed by atoms with Crippen LogP contribution in [0.25, 0.3) is 11.3 Å². The Kier molecular flexibility index (Phi) is 5.48. The molecule has 0 saturated carbocycles. The number of aryl methyl sites for hydroxylation is 1. The highest BCUT2D eigenvalue weighted by atomic mass is 35.5. The van der Waals surface area contributed by atoms with Gasteiger partial charge in [-0.05, 0) is 32.0 Å². The van der Waals surface area contributed by atoms with Crippen LogP contribution in [0.4, 0.5) is 5.69 Å². The van der Waals surface area contributed by atoms with E-state index in [4.69, 9.17) is 32.9 Å². The summed E-state index contributed by atoms with van der Waals surface area (Å²) in [5.74, 6) is -0.0934. The van der Waals surface area contributed by atoms with Crippen LogP contribution < -0.4 is 5.32 Å². The molecule has 0 aliphatic rings. The molecule has 2 aromatic carbocycles. The first-order valence-electron chi connectivity index (χ1n) is 7.93. The van der Waals surface area contributed by atoms with Crippen molar-refractivity contribution in [1.29, 1.82) is 0 Å². The van der Waals surface area contributed by atoms with E-state index in [9.17, 15) is 4.79 Å². The van der Waals surface area contributed by atoms with Crippen LogP contribution >= 0.6 is 23.2 Å². The predicted octanol–water partition coefficient (Wildman–Crippen LogP) is 5.41. The zero-order valence-electron chi connectivity index (χ0n) is 14.5. The highest BCUT2D eigenvalue weighted by Gasteiger charge is 2.23. The average molecular weight is 404 g/mol. The van der Waals surface area contributed by atoms with E-state index in [1.54, 1.807) is 56.3 Å². The van der Waals surface area contributed by atoms with Gasteiger partial charge in [-0.25, -0.2) is 0 Å². The van der Waals surface area contributed by atoms with Crippen molar-refractivity contribution in [2.75, 3.05) is 5.32 Å². The molecule has 8 heteroatoms. The van der Waals surface area contributed by atoms with Crippen molar-refractivity contribution < 1.29 is 14.5 Å². The second-order valence-electron chi connectivity index (χ2n) is 5.78. The minimum atomic E-state index is -0.443. The van der Waals surface area contributed by atoms with E-state index in [2.05, 4.69) is 15.6 Å². The van der Waals surface area contributed by atoms with Crippen molar-refractivity contribution in [2.24, 2.45) is 5.16 Å². The molecule has 1 aromatic heterocycles. The van der Waals surface area contributed by atoms with Gasteiger partial charge in [-0.2, -0.15) is 0 Å². The fraction of sp³-hybridized carbons (Fsp3) is 0.105. The third kappa shape index (κ3) is 3.82. The minimum Gasteiger partial charge on any atom is -0.411 e.